The molecule has 0 aliphatic rings. The molecule has 0 spiro atoms. The number of nitrogens with one attached hydrogen (secondary N) is 2. The molecule has 0 aliphatic heterocycles. The van der Waals surface area contributed by atoms with E-state index in [0.29, 0.717) is 13.0 Å². The molecule has 0 unspecified atom stereocenters. The number of amides is 1. The van der Waals surface area contributed by atoms with Crippen LogP contribution in [0.5, 0.6) is 0 Å². The fraction of sp³-hybridized carbons (Fsp3) is 0.500. The first-order valence-corrected chi connectivity index (χ1v) is 5.03. The minimum absolute atomic E-state index is 0.167. The third kappa shape index (κ3) is 5.92. The zero-order chi connectivity index (χ0) is 12.4. The fourth-order valence-electron chi connectivity index (χ4n) is 0.892. The van der Waals surface area contributed by atoms with Crippen molar-refractivity contribution in [2.45, 2.75) is 12.8 Å². The summed E-state index contributed by atoms with van der Waals surface area (Å²) >= 11 is 0. The van der Waals surface area contributed by atoms with Gasteiger partial charge in [0.1, 0.15) is 6.29 Å². The smallest absolute Gasteiger partial charge is 0.286 e. The quantitative estimate of drug-likeness (QED) is 0.245. The summed E-state index contributed by atoms with van der Waals surface area (Å²) < 4.78 is 0. The Bertz CT molecular complexity index is 276. The minimum Gasteiger partial charge on any atom is -0.349 e. The van der Waals surface area contributed by atoms with Gasteiger partial charge in [0.15, 0.2) is 5.84 Å². The Morgan fingerprint density at radius 3 is 2.75 bits per heavy atom. The number of hydrogen-bond acceptors (Lipinski definition) is 4. The van der Waals surface area contributed by atoms with Gasteiger partial charge in [-0.2, -0.15) is 0 Å². The highest BCUT2D eigenvalue weighted by molar-refractivity contribution is 6.36. The van der Waals surface area contributed by atoms with Crippen LogP contribution in [0.3, 0.4) is 0 Å². The molecule has 1 amide bonds. The van der Waals surface area contributed by atoms with Crippen LogP contribution in [-0.2, 0) is 9.59 Å². The number of carbonyl (C=O) groups excluding carboxylic acids is 2. The van der Waals surface area contributed by atoms with Crippen molar-refractivity contribution < 1.29 is 9.59 Å². The molecule has 6 heteroatoms. The van der Waals surface area contributed by atoms with Crippen LogP contribution in [0.25, 0.3) is 0 Å². The van der Waals surface area contributed by atoms with E-state index in [1.807, 2.05) is 0 Å². The van der Waals surface area contributed by atoms with Gasteiger partial charge >= 0.3 is 0 Å². The molecule has 0 fully saturated rings. The number of nitrogens with two attached hydrogens (primary N) is 1. The van der Waals surface area contributed by atoms with Crippen LogP contribution in [0.4, 0.5) is 0 Å². The maximum atomic E-state index is 11.3. The van der Waals surface area contributed by atoms with Gasteiger partial charge in [-0.15, -0.1) is 0 Å². The number of carbonyl (C=O) groups is 2. The predicted octanol–water partition coefficient (Wildman–Crippen LogP) is -0.537. The Balaban J connectivity index is 4.01. The first-order valence-electron chi connectivity index (χ1n) is 5.03. The average molecular weight is 226 g/mol. The Kier molecular flexibility index (Phi) is 7.70. The lowest BCUT2D eigenvalue weighted by molar-refractivity contribution is -0.115. The molecule has 0 atom stereocenters. The van der Waals surface area contributed by atoms with Gasteiger partial charge in [0, 0.05) is 26.2 Å². The van der Waals surface area contributed by atoms with Crippen LogP contribution in [0.1, 0.15) is 12.8 Å². The monoisotopic (exact) mass is 226 g/mol. The van der Waals surface area contributed by atoms with Gasteiger partial charge < -0.3 is 20.7 Å². The summed E-state index contributed by atoms with van der Waals surface area (Å²) in [5, 5.41) is 9.97. The highest BCUT2D eigenvalue weighted by Crippen LogP contribution is 1.89. The summed E-state index contributed by atoms with van der Waals surface area (Å²) in [5.74, 6) is -0.666. The molecule has 0 radical (unpaired) electrons. The van der Waals surface area contributed by atoms with Crippen molar-refractivity contribution in [3.05, 3.63) is 12.3 Å². The summed E-state index contributed by atoms with van der Waals surface area (Å²) in [6.07, 6.45) is 5.08. The minimum atomic E-state index is -0.498. The van der Waals surface area contributed by atoms with Crippen LogP contribution in [0, 0.1) is 5.41 Å². The van der Waals surface area contributed by atoms with Crippen molar-refractivity contribution in [2.24, 2.45) is 5.73 Å². The van der Waals surface area contributed by atoms with Crippen LogP contribution in [-0.4, -0.2) is 43.1 Å². The molecule has 0 bridgehead atoms. The second kappa shape index (κ2) is 8.60. The molecule has 0 aliphatic carbocycles. The van der Waals surface area contributed by atoms with Gasteiger partial charge in [0.2, 0.25) is 0 Å². The van der Waals surface area contributed by atoms with Gasteiger partial charge in [-0.3, -0.25) is 10.2 Å². The SMILES string of the molecule is CN(/C=C/CCN)C(=N)C(=O)NCCC=O. The molecule has 4 N–H and O–H groups in total. The van der Waals surface area contributed by atoms with E-state index in [4.69, 9.17) is 11.1 Å². The van der Waals surface area contributed by atoms with Crippen LogP contribution in [0.2, 0.25) is 0 Å². The van der Waals surface area contributed by atoms with Crippen molar-refractivity contribution in [3.8, 4) is 0 Å². The standard InChI is InChI=1S/C10H18N4O2/c1-14(7-3-2-5-11)9(12)10(16)13-6-4-8-15/h3,7-8,12H,2,4-6,11H2,1H3,(H,13,16)/b7-3+,12-9?. The molecule has 0 aromatic heterocycles. The van der Waals surface area contributed by atoms with Crippen molar-refractivity contribution >= 4 is 18.0 Å². The third-order valence-corrected chi connectivity index (χ3v) is 1.78. The fourth-order valence-corrected chi connectivity index (χ4v) is 0.892. The van der Waals surface area contributed by atoms with Gasteiger partial charge in [-0.25, -0.2) is 0 Å². The van der Waals surface area contributed by atoms with Crippen LogP contribution in [0.15, 0.2) is 12.3 Å². The van der Waals surface area contributed by atoms with E-state index in [1.165, 1.54) is 4.90 Å². The average Bonchev–Trinajstić information content (AvgIpc) is 2.28. The maximum Gasteiger partial charge on any atom is 0.286 e. The zero-order valence-corrected chi connectivity index (χ0v) is 9.40. The number of amidine groups is 1. The lowest BCUT2D eigenvalue weighted by atomic mass is 10.4. The molecular weight excluding hydrogens is 208 g/mol. The number of likely N-dealkylation sites (N-methyl/N-ethyl adjacent to an activating group) is 1. The molecular formula is C10H18N4O2. The molecule has 0 aromatic rings. The van der Waals surface area contributed by atoms with Crippen LogP contribution < -0.4 is 11.1 Å². The van der Waals surface area contributed by atoms with E-state index in [9.17, 15) is 9.59 Å². The summed E-state index contributed by atoms with van der Waals surface area (Å²) in [6, 6.07) is 0. The largest absolute Gasteiger partial charge is 0.349 e. The first kappa shape index (κ1) is 14.3. The van der Waals surface area contributed by atoms with Gasteiger partial charge in [0.25, 0.3) is 5.91 Å². The van der Waals surface area contributed by atoms with E-state index < -0.39 is 5.91 Å². The Morgan fingerprint density at radius 2 is 2.19 bits per heavy atom. The molecule has 0 saturated carbocycles. The summed E-state index contributed by atoms with van der Waals surface area (Å²) in [7, 11) is 1.61. The number of hydrogen-bond donors (Lipinski definition) is 3. The first-order chi connectivity index (χ1) is 7.63. The zero-order valence-electron chi connectivity index (χ0n) is 9.40. The number of nitrogens with zero attached hydrogens (tertiary/aromatic N) is 1. The summed E-state index contributed by atoms with van der Waals surface area (Å²) in [4.78, 5) is 22.8. The topological polar surface area (TPSA) is 99.3 Å². The van der Waals surface area contributed by atoms with Crippen molar-refractivity contribution in [1.82, 2.24) is 10.2 Å². The lowest BCUT2D eigenvalue weighted by Crippen LogP contribution is -2.38. The normalized spacial score (nSPS) is 10.1. The summed E-state index contributed by atoms with van der Waals surface area (Å²) in [5.41, 5.74) is 5.30. The van der Waals surface area contributed by atoms with Gasteiger partial charge in [-0.05, 0) is 13.0 Å². The second-order valence-corrected chi connectivity index (χ2v) is 3.13. The maximum absolute atomic E-state index is 11.3. The van der Waals surface area contributed by atoms with Crippen molar-refractivity contribution in [3.63, 3.8) is 0 Å². The second-order valence-electron chi connectivity index (χ2n) is 3.13. The Hall–Kier alpha value is -1.69. The van der Waals surface area contributed by atoms with E-state index in [1.54, 1.807) is 19.3 Å². The number of aldehydes is 1. The molecule has 0 rings (SSSR count). The van der Waals surface area contributed by atoms with E-state index in [-0.39, 0.29) is 18.8 Å². The van der Waals surface area contributed by atoms with E-state index in [0.717, 1.165) is 6.29 Å². The van der Waals surface area contributed by atoms with Gasteiger partial charge in [0.05, 0.1) is 0 Å². The molecule has 0 aromatic carbocycles. The van der Waals surface area contributed by atoms with E-state index in [2.05, 4.69) is 5.32 Å². The lowest BCUT2D eigenvalue weighted by Gasteiger charge is -2.14. The molecule has 6 nitrogen and oxygen atoms in total. The van der Waals surface area contributed by atoms with Crippen LogP contribution >= 0.6 is 0 Å². The molecule has 16 heavy (non-hydrogen) atoms. The Labute approximate surface area is 95.0 Å². The van der Waals surface area contributed by atoms with E-state index >= 15 is 0 Å². The molecule has 0 saturated heterocycles. The van der Waals surface area contributed by atoms with Crippen molar-refractivity contribution in [1.29, 1.82) is 5.41 Å². The third-order valence-electron chi connectivity index (χ3n) is 1.78. The Morgan fingerprint density at radius 1 is 1.50 bits per heavy atom. The molecule has 0 heterocycles. The van der Waals surface area contributed by atoms with Gasteiger partial charge in [-0.1, -0.05) is 6.08 Å². The molecule has 90 valence electrons. The highest BCUT2D eigenvalue weighted by atomic mass is 16.2. The number of rotatable bonds is 6. The predicted molar refractivity (Wildman–Crippen MR) is 62.0 cm³/mol. The van der Waals surface area contributed by atoms with Crippen molar-refractivity contribution in [2.75, 3.05) is 20.1 Å². The summed E-state index contributed by atoms with van der Waals surface area (Å²) in [6.45, 7) is 0.786. The highest BCUT2D eigenvalue weighted by Gasteiger charge is 2.10.